The van der Waals surface area contributed by atoms with Crippen LogP contribution in [0, 0.1) is 5.41 Å². The molecule has 1 aromatic rings. The smallest absolute Gasteiger partial charge is 0.172 e. The molecular formula is C16H22ClN3O. The number of anilines is 1. The van der Waals surface area contributed by atoms with Gasteiger partial charge in [-0.1, -0.05) is 29.6 Å². The van der Waals surface area contributed by atoms with Gasteiger partial charge in [-0.05, 0) is 49.3 Å². The zero-order valence-corrected chi connectivity index (χ0v) is 12.9. The second-order valence-electron chi connectivity index (χ2n) is 6.34. The van der Waals surface area contributed by atoms with Gasteiger partial charge in [-0.25, -0.2) is 0 Å². The zero-order valence-electron chi connectivity index (χ0n) is 12.2. The molecule has 0 aromatic heterocycles. The first-order chi connectivity index (χ1) is 10.1. The Labute approximate surface area is 130 Å². The summed E-state index contributed by atoms with van der Waals surface area (Å²) in [5, 5.41) is 12.7. The quantitative estimate of drug-likeness (QED) is 0.380. The van der Waals surface area contributed by atoms with Crippen LogP contribution in [-0.4, -0.2) is 24.1 Å². The number of hydrogen-bond donors (Lipinski definition) is 2. The summed E-state index contributed by atoms with van der Waals surface area (Å²) in [5.74, 6) is 0.119. The van der Waals surface area contributed by atoms with Crippen molar-refractivity contribution in [3.8, 4) is 0 Å². The molecule has 3 rings (SSSR count). The Hall–Kier alpha value is -1.42. The van der Waals surface area contributed by atoms with E-state index in [4.69, 9.17) is 22.5 Å². The molecular weight excluding hydrogens is 286 g/mol. The van der Waals surface area contributed by atoms with Crippen LogP contribution in [-0.2, 0) is 0 Å². The highest BCUT2D eigenvalue weighted by atomic mass is 35.5. The maximum Gasteiger partial charge on any atom is 0.172 e. The molecule has 3 N–H and O–H groups in total. The highest BCUT2D eigenvalue weighted by molar-refractivity contribution is 6.31. The second-order valence-corrected chi connectivity index (χ2v) is 6.78. The summed E-state index contributed by atoms with van der Waals surface area (Å²) in [5.41, 5.74) is 8.12. The fourth-order valence-corrected chi connectivity index (χ4v) is 4.06. The molecule has 1 aromatic carbocycles. The van der Waals surface area contributed by atoms with Crippen LogP contribution in [0.1, 0.15) is 44.1 Å². The summed E-state index contributed by atoms with van der Waals surface area (Å²) >= 11 is 6.04. The van der Waals surface area contributed by atoms with E-state index in [0.717, 1.165) is 18.8 Å². The lowest BCUT2D eigenvalue weighted by atomic mass is 9.77. The molecule has 21 heavy (non-hydrogen) atoms. The number of nitrogens with zero attached hydrogens (tertiary/aromatic N) is 2. The van der Waals surface area contributed by atoms with Crippen molar-refractivity contribution in [3.05, 3.63) is 28.8 Å². The summed E-state index contributed by atoms with van der Waals surface area (Å²) in [6, 6.07) is 5.61. The van der Waals surface area contributed by atoms with E-state index in [1.165, 1.54) is 38.5 Å². The SMILES string of the molecule is NC(=NO)c1cc(Cl)ccc1N1CCC2(CCCC2)CC1. The molecule has 2 aliphatic rings. The number of amidine groups is 1. The van der Waals surface area contributed by atoms with Gasteiger partial charge in [-0.3, -0.25) is 0 Å². The first-order valence-electron chi connectivity index (χ1n) is 7.66. The highest BCUT2D eigenvalue weighted by Crippen LogP contribution is 2.46. The number of nitrogens with two attached hydrogens (primary N) is 1. The van der Waals surface area contributed by atoms with Crippen molar-refractivity contribution in [1.82, 2.24) is 0 Å². The van der Waals surface area contributed by atoms with E-state index in [-0.39, 0.29) is 5.84 Å². The predicted molar refractivity (Wildman–Crippen MR) is 86.3 cm³/mol. The lowest BCUT2D eigenvalue weighted by Gasteiger charge is -2.41. The van der Waals surface area contributed by atoms with E-state index < -0.39 is 0 Å². The number of halogens is 1. The van der Waals surface area contributed by atoms with Gasteiger partial charge in [0.1, 0.15) is 0 Å². The van der Waals surface area contributed by atoms with E-state index in [9.17, 15) is 0 Å². The lowest BCUT2D eigenvalue weighted by Crippen LogP contribution is -2.39. The van der Waals surface area contributed by atoms with Gasteiger partial charge in [-0.15, -0.1) is 0 Å². The molecule has 1 saturated carbocycles. The third-order valence-corrected chi connectivity index (χ3v) is 5.41. The molecule has 0 unspecified atom stereocenters. The van der Waals surface area contributed by atoms with Gasteiger partial charge in [0, 0.05) is 29.4 Å². The Kier molecular flexibility index (Phi) is 3.98. The molecule has 0 amide bonds. The summed E-state index contributed by atoms with van der Waals surface area (Å²) < 4.78 is 0. The van der Waals surface area contributed by atoms with Crippen molar-refractivity contribution < 1.29 is 5.21 Å². The van der Waals surface area contributed by atoms with Crippen molar-refractivity contribution in [2.45, 2.75) is 38.5 Å². The minimum atomic E-state index is 0.119. The van der Waals surface area contributed by atoms with E-state index >= 15 is 0 Å². The maximum absolute atomic E-state index is 8.97. The number of rotatable bonds is 2. The Bertz CT molecular complexity index is 542. The number of piperidine rings is 1. The minimum Gasteiger partial charge on any atom is -0.409 e. The van der Waals surface area contributed by atoms with Gasteiger partial charge in [-0.2, -0.15) is 0 Å². The van der Waals surface area contributed by atoms with Crippen molar-refractivity contribution in [2.75, 3.05) is 18.0 Å². The van der Waals surface area contributed by atoms with E-state index in [1.54, 1.807) is 6.07 Å². The normalized spacial score (nSPS) is 22.0. The second kappa shape index (κ2) is 5.76. The van der Waals surface area contributed by atoms with Crippen molar-refractivity contribution in [1.29, 1.82) is 0 Å². The molecule has 0 bridgehead atoms. The van der Waals surface area contributed by atoms with Crippen molar-refractivity contribution in [2.24, 2.45) is 16.3 Å². The molecule has 4 nitrogen and oxygen atoms in total. The Balaban J connectivity index is 1.82. The van der Waals surface area contributed by atoms with Gasteiger partial charge < -0.3 is 15.8 Å². The molecule has 0 radical (unpaired) electrons. The fourth-order valence-electron chi connectivity index (χ4n) is 3.89. The highest BCUT2D eigenvalue weighted by Gasteiger charge is 2.37. The Morgan fingerprint density at radius 2 is 1.86 bits per heavy atom. The molecule has 1 aliphatic heterocycles. The van der Waals surface area contributed by atoms with E-state index in [0.29, 0.717) is 16.0 Å². The van der Waals surface area contributed by atoms with Crippen LogP contribution in [0.3, 0.4) is 0 Å². The monoisotopic (exact) mass is 307 g/mol. The number of oxime groups is 1. The lowest BCUT2D eigenvalue weighted by molar-refractivity contribution is 0.226. The van der Waals surface area contributed by atoms with Crippen molar-refractivity contribution in [3.63, 3.8) is 0 Å². The van der Waals surface area contributed by atoms with Crippen LogP contribution in [0.25, 0.3) is 0 Å². The van der Waals surface area contributed by atoms with E-state index in [1.807, 2.05) is 12.1 Å². The molecule has 114 valence electrons. The molecule has 1 spiro atoms. The van der Waals surface area contributed by atoms with Crippen LogP contribution in [0.4, 0.5) is 5.69 Å². The molecule has 1 heterocycles. The van der Waals surface area contributed by atoms with Crippen molar-refractivity contribution >= 4 is 23.1 Å². The predicted octanol–water partition coefficient (Wildman–Crippen LogP) is 3.60. The van der Waals surface area contributed by atoms with Crippen LogP contribution >= 0.6 is 11.6 Å². The first-order valence-corrected chi connectivity index (χ1v) is 8.04. The first kappa shape index (κ1) is 14.5. The van der Waals surface area contributed by atoms with Crippen LogP contribution in [0.2, 0.25) is 5.02 Å². The molecule has 5 heteroatoms. The molecule has 2 fully saturated rings. The van der Waals surface area contributed by atoms with Crippen LogP contribution in [0.5, 0.6) is 0 Å². The summed E-state index contributed by atoms with van der Waals surface area (Å²) in [4.78, 5) is 2.34. The average Bonchev–Trinajstić information content (AvgIpc) is 2.96. The van der Waals surface area contributed by atoms with Gasteiger partial charge in [0.15, 0.2) is 5.84 Å². The Morgan fingerprint density at radius 1 is 1.19 bits per heavy atom. The van der Waals surface area contributed by atoms with Gasteiger partial charge in [0.25, 0.3) is 0 Å². The summed E-state index contributed by atoms with van der Waals surface area (Å²) in [7, 11) is 0. The number of benzene rings is 1. The zero-order chi connectivity index (χ0) is 14.9. The Morgan fingerprint density at radius 3 is 2.48 bits per heavy atom. The minimum absolute atomic E-state index is 0.119. The summed E-state index contributed by atoms with van der Waals surface area (Å²) in [6.07, 6.45) is 8.02. The fraction of sp³-hybridized carbons (Fsp3) is 0.562. The van der Waals surface area contributed by atoms with Gasteiger partial charge in [0.2, 0.25) is 0 Å². The average molecular weight is 308 g/mol. The topological polar surface area (TPSA) is 61.9 Å². The van der Waals surface area contributed by atoms with Gasteiger partial charge >= 0.3 is 0 Å². The van der Waals surface area contributed by atoms with Crippen LogP contribution < -0.4 is 10.6 Å². The largest absolute Gasteiger partial charge is 0.409 e. The third-order valence-electron chi connectivity index (χ3n) is 5.17. The number of hydrogen-bond acceptors (Lipinski definition) is 3. The molecule has 1 aliphatic carbocycles. The third kappa shape index (κ3) is 2.82. The standard InChI is InChI=1S/C16H22ClN3O/c17-12-3-4-14(13(11-12)15(18)19-21)20-9-7-16(8-10-20)5-1-2-6-16/h3-4,11,21H,1-2,5-10H2,(H2,18,19). The van der Waals surface area contributed by atoms with E-state index in [2.05, 4.69) is 10.1 Å². The molecule has 1 saturated heterocycles. The van der Waals surface area contributed by atoms with Crippen LogP contribution in [0.15, 0.2) is 23.4 Å². The maximum atomic E-state index is 8.97. The molecule has 0 atom stereocenters. The summed E-state index contributed by atoms with van der Waals surface area (Å²) in [6.45, 7) is 2.07. The van der Waals surface area contributed by atoms with Gasteiger partial charge in [0.05, 0.1) is 0 Å².